The summed E-state index contributed by atoms with van der Waals surface area (Å²) in [7, 11) is 0. The van der Waals surface area contributed by atoms with Gasteiger partial charge in [0.15, 0.2) is 0 Å². The molecule has 4 rings (SSSR count). The predicted molar refractivity (Wildman–Crippen MR) is 158 cm³/mol. The molecule has 42 heavy (non-hydrogen) atoms. The number of carbonyl (C=O) groups excluding carboxylic acids is 2. The number of rotatable bonds is 14. The fourth-order valence-electron chi connectivity index (χ4n) is 5.22. The van der Waals surface area contributed by atoms with Gasteiger partial charge in [-0.2, -0.15) is 0 Å². The summed E-state index contributed by atoms with van der Waals surface area (Å²) in [5, 5.41) is 24.0. The number of carbonyl (C=O) groups is 3. The first-order valence-corrected chi connectivity index (χ1v) is 14.0. The van der Waals surface area contributed by atoms with E-state index in [9.17, 15) is 24.3 Å². The molecule has 3 aromatic rings. The molecule has 2 amide bonds. The molecule has 1 aliphatic carbocycles. The van der Waals surface area contributed by atoms with Gasteiger partial charge in [0.1, 0.15) is 12.4 Å². The van der Waals surface area contributed by atoms with Crippen LogP contribution in [-0.4, -0.2) is 57.6 Å². The number of carboxylic acids is 1. The van der Waals surface area contributed by atoms with Crippen molar-refractivity contribution >= 4 is 34.4 Å². The highest BCUT2D eigenvalue weighted by Gasteiger charge is 2.29. The maximum absolute atomic E-state index is 12.7. The highest BCUT2D eigenvalue weighted by atomic mass is 16.4. The van der Waals surface area contributed by atoms with Crippen LogP contribution in [0.4, 0.5) is 5.69 Å². The number of terminal acetylenes is 1. The molecule has 11 heteroatoms. The maximum atomic E-state index is 12.7. The van der Waals surface area contributed by atoms with Gasteiger partial charge in [-0.1, -0.05) is 5.92 Å². The lowest BCUT2D eigenvalue weighted by molar-refractivity contribution is -0.137. The van der Waals surface area contributed by atoms with Crippen LogP contribution >= 0.6 is 0 Å². The van der Waals surface area contributed by atoms with Crippen molar-refractivity contribution in [1.29, 1.82) is 0 Å². The summed E-state index contributed by atoms with van der Waals surface area (Å²) in [5.41, 5.74) is 3.72. The molecule has 0 bridgehead atoms. The first kappa shape index (κ1) is 30.3. The molecule has 0 aliphatic heterocycles. The first-order chi connectivity index (χ1) is 20.3. The van der Waals surface area contributed by atoms with Gasteiger partial charge in [-0.25, -0.2) is 4.98 Å². The van der Waals surface area contributed by atoms with Crippen molar-refractivity contribution < 1.29 is 24.6 Å². The van der Waals surface area contributed by atoms with Gasteiger partial charge in [-0.15, -0.1) is 6.42 Å². The standard InChI is InChI=1S/C31H35N5O6/c1-2-16-36(26-13-10-21-17-25-24(18-23(21)26)31(42)35-27(19-37)34-25)22-11-8-20(9-12-22)30(41)33-14-4-3-6-28(38)32-15-5-7-29(39)40/h1,8-9,11-12,17-18,26,37H,3-7,10,13-16,19H2,(H,32,38)(H,33,41)(H,39,40)(H,34,35,42). The molecular formula is C31H35N5O6. The van der Waals surface area contributed by atoms with E-state index >= 15 is 0 Å². The van der Waals surface area contributed by atoms with Crippen LogP contribution in [0.3, 0.4) is 0 Å². The fourth-order valence-corrected chi connectivity index (χ4v) is 5.22. The van der Waals surface area contributed by atoms with Crippen molar-refractivity contribution in [3.63, 3.8) is 0 Å². The van der Waals surface area contributed by atoms with E-state index in [4.69, 9.17) is 11.5 Å². The molecular weight excluding hydrogens is 538 g/mol. The molecule has 0 saturated heterocycles. The number of fused-ring (bicyclic) bond motifs is 2. The van der Waals surface area contributed by atoms with Gasteiger partial charge in [0.2, 0.25) is 5.91 Å². The van der Waals surface area contributed by atoms with E-state index in [1.54, 1.807) is 12.1 Å². The molecule has 220 valence electrons. The number of aliphatic hydroxyl groups excluding tert-OH is 1. The number of aromatic amines is 1. The minimum absolute atomic E-state index is 0.0226. The van der Waals surface area contributed by atoms with Crippen LogP contribution in [0.2, 0.25) is 0 Å². The molecule has 11 nitrogen and oxygen atoms in total. The number of hydrogen-bond donors (Lipinski definition) is 5. The lowest BCUT2D eigenvalue weighted by Crippen LogP contribution is -2.28. The predicted octanol–water partition coefficient (Wildman–Crippen LogP) is 2.42. The zero-order valence-electron chi connectivity index (χ0n) is 23.3. The largest absolute Gasteiger partial charge is 0.481 e. The summed E-state index contributed by atoms with van der Waals surface area (Å²) < 4.78 is 0. The van der Waals surface area contributed by atoms with Crippen LogP contribution in [0.1, 0.15) is 71.9 Å². The van der Waals surface area contributed by atoms with Crippen LogP contribution < -0.4 is 21.1 Å². The first-order valence-electron chi connectivity index (χ1n) is 14.0. The number of aliphatic hydroxyl groups is 1. The summed E-state index contributed by atoms with van der Waals surface area (Å²) in [5.74, 6) is 1.73. The number of unbranched alkanes of at least 4 members (excludes halogenated alkanes) is 1. The number of carboxylic acid groups (broad SMARTS) is 1. The van der Waals surface area contributed by atoms with Crippen LogP contribution in [0, 0.1) is 12.3 Å². The Kier molecular flexibility index (Phi) is 10.3. The minimum Gasteiger partial charge on any atom is -0.481 e. The van der Waals surface area contributed by atoms with E-state index in [-0.39, 0.29) is 42.3 Å². The van der Waals surface area contributed by atoms with E-state index in [2.05, 4.69) is 31.4 Å². The number of aliphatic carboxylic acids is 1. The van der Waals surface area contributed by atoms with E-state index in [1.807, 2.05) is 24.3 Å². The van der Waals surface area contributed by atoms with E-state index in [0.29, 0.717) is 61.8 Å². The van der Waals surface area contributed by atoms with Crippen LogP contribution in [-0.2, 0) is 22.6 Å². The van der Waals surface area contributed by atoms with Crippen LogP contribution in [0.25, 0.3) is 10.9 Å². The number of amides is 2. The molecule has 0 radical (unpaired) electrons. The second-order valence-electron chi connectivity index (χ2n) is 10.2. The van der Waals surface area contributed by atoms with Gasteiger partial charge < -0.3 is 30.7 Å². The van der Waals surface area contributed by atoms with Crippen molar-refractivity contribution in [3.8, 4) is 12.3 Å². The molecule has 1 heterocycles. The smallest absolute Gasteiger partial charge is 0.303 e. The number of aryl methyl sites for hydroxylation is 1. The molecule has 0 saturated carbocycles. The van der Waals surface area contributed by atoms with Crippen molar-refractivity contribution in [1.82, 2.24) is 20.6 Å². The summed E-state index contributed by atoms with van der Waals surface area (Å²) in [6.45, 7) is 0.770. The summed E-state index contributed by atoms with van der Waals surface area (Å²) in [4.78, 5) is 56.7. The Balaban J connectivity index is 1.33. The van der Waals surface area contributed by atoms with Crippen molar-refractivity contribution in [2.75, 3.05) is 24.5 Å². The van der Waals surface area contributed by atoms with Crippen molar-refractivity contribution in [3.05, 3.63) is 69.3 Å². The second-order valence-corrected chi connectivity index (χ2v) is 10.2. The molecule has 2 aromatic carbocycles. The van der Waals surface area contributed by atoms with Crippen molar-refractivity contribution in [2.24, 2.45) is 0 Å². The monoisotopic (exact) mass is 573 g/mol. The maximum Gasteiger partial charge on any atom is 0.303 e. The number of aromatic nitrogens is 2. The molecule has 1 atom stereocenters. The number of H-pyrrole nitrogens is 1. The number of nitrogens with one attached hydrogen (secondary N) is 3. The SMILES string of the molecule is C#CCN(c1ccc(C(=O)NCCCCC(=O)NCCCC(=O)O)cc1)C1CCc2cc3nc(CO)[nH]c(=O)c3cc21. The fraction of sp³-hybridized carbons (Fsp3) is 0.387. The van der Waals surface area contributed by atoms with Gasteiger partial charge in [-0.3, -0.25) is 19.2 Å². The number of benzene rings is 2. The Hall–Kier alpha value is -4.69. The zero-order valence-corrected chi connectivity index (χ0v) is 23.3. The Morgan fingerprint density at radius 1 is 1.07 bits per heavy atom. The lowest BCUT2D eigenvalue weighted by atomic mass is 10.0. The van der Waals surface area contributed by atoms with Crippen LogP contribution in [0.15, 0.2) is 41.2 Å². The summed E-state index contributed by atoms with van der Waals surface area (Å²) >= 11 is 0. The van der Waals surface area contributed by atoms with Gasteiger partial charge in [0, 0.05) is 37.2 Å². The normalized spacial score (nSPS) is 13.8. The average Bonchev–Trinajstić information content (AvgIpc) is 3.39. The molecule has 0 fully saturated rings. The highest BCUT2D eigenvalue weighted by molar-refractivity contribution is 5.94. The molecule has 1 aliphatic rings. The lowest BCUT2D eigenvalue weighted by Gasteiger charge is -2.30. The van der Waals surface area contributed by atoms with E-state index < -0.39 is 5.97 Å². The number of anilines is 1. The highest BCUT2D eigenvalue weighted by Crippen LogP contribution is 2.39. The van der Waals surface area contributed by atoms with Gasteiger partial charge >= 0.3 is 5.97 Å². The Morgan fingerprint density at radius 3 is 2.55 bits per heavy atom. The third-order valence-corrected chi connectivity index (χ3v) is 7.32. The third-order valence-electron chi connectivity index (χ3n) is 7.32. The van der Waals surface area contributed by atoms with E-state index in [1.165, 1.54) is 0 Å². The van der Waals surface area contributed by atoms with Crippen molar-refractivity contribution in [2.45, 2.75) is 57.6 Å². The summed E-state index contributed by atoms with van der Waals surface area (Å²) in [6.07, 6.45) is 9.31. The topological polar surface area (TPSA) is 165 Å². The quantitative estimate of drug-likeness (QED) is 0.145. The van der Waals surface area contributed by atoms with Gasteiger partial charge in [0.05, 0.1) is 23.5 Å². The molecule has 1 aromatic heterocycles. The Labute approximate surface area is 243 Å². The van der Waals surface area contributed by atoms with Crippen LogP contribution in [0.5, 0.6) is 0 Å². The Bertz CT molecular complexity index is 1540. The molecule has 5 N–H and O–H groups in total. The minimum atomic E-state index is -0.885. The average molecular weight is 574 g/mol. The second kappa shape index (κ2) is 14.3. The summed E-state index contributed by atoms with van der Waals surface area (Å²) in [6, 6.07) is 11.0. The molecule has 0 spiro atoms. The third kappa shape index (κ3) is 7.53. The Morgan fingerprint density at radius 2 is 1.83 bits per heavy atom. The zero-order chi connectivity index (χ0) is 30.1. The van der Waals surface area contributed by atoms with E-state index in [0.717, 1.165) is 29.7 Å². The molecule has 1 unspecified atom stereocenters. The van der Waals surface area contributed by atoms with Gasteiger partial charge in [-0.05, 0) is 79.6 Å². The number of nitrogens with zero attached hydrogens (tertiary/aromatic N) is 2. The van der Waals surface area contributed by atoms with Gasteiger partial charge in [0.25, 0.3) is 11.5 Å². The number of hydrogen-bond acceptors (Lipinski definition) is 7.